The summed E-state index contributed by atoms with van der Waals surface area (Å²) >= 11 is 0. The summed E-state index contributed by atoms with van der Waals surface area (Å²) in [6.45, 7) is 0. The number of nitro groups is 1. The van der Waals surface area contributed by atoms with Crippen molar-refractivity contribution in [3.8, 4) is 11.8 Å². The number of hydrogen-bond donors (Lipinski definition) is 1. The number of nitro benzene ring substituents is 1. The molecule has 1 N–H and O–H groups in total. The number of carbonyl (C=O) groups is 2. The largest absolute Gasteiger partial charge is 0.423 e. The van der Waals surface area contributed by atoms with E-state index in [1.54, 1.807) is 36.4 Å². The van der Waals surface area contributed by atoms with Crippen LogP contribution in [-0.4, -0.2) is 16.8 Å². The molecule has 0 saturated carbocycles. The number of para-hydroxylation sites is 1. The van der Waals surface area contributed by atoms with Crippen LogP contribution in [0.5, 0.6) is 5.75 Å². The van der Waals surface area contributed by atoms with Crippen molar-refractivity contribution in [2.75, 3.05) is 5.32 Å². The number of benzene rings is 3. The van der Waals surface area contributed by atoms with Crippen LogP contribution < -0.4 is 10.1 Å². The molecule has 0 aromatic heterocycles. The standard InChI is InChI=1S/C23H15N3O5/c24-15-18(22(27)25-19-6-2-1-3-7-19)13-16-9-11-21(12-10-16)31-23(28)17-5-4-8-20(14-17)26(29)30/h1-14H,(H,25,27)/b18-13+. The Balaban J connectivity index is 1.69. The van der Waals surface area contributed by atoms with Crippen LogP contribution in [0, 0.1) is 21.4 Å². The van der Waals surface area contributed by atoms with Crippen LogP contribution in [0.15, 0.2) is 84.4 Å². The number of esters is 1. The van der Waals surface area contributed by atoms with Gasteiger partial charge < -0.3 is 10.1 Å². The molecule has 152 valence electrons. The summed E-state index contributed by atoms with van der Waals surface area (Å²) in [6, 6.07) is 22.0. The first-order chi connectivity index (χ1) is 15.0. The highest BCUT2D eigenvalue weighted by Gasteiger charge is 2.14. The monoisotopic (exact) mass is 413 g/mol. The van der Waals surface area contributed by atoms with Gasteiger partial charge in [0, 0.05) is 17.8 Å². The fourth-order valence-electron chi connectivity index (χ4n) is 2.58. The zero-order chi connectivity index (χ0) is 22.2. The Kier molecular flexibility index (Phi) is 6.50. The quantitative estimate of drug-likeness (QED) is 0.160. The molecular formula is C23H15N3O5. The first-order valence-electron chi connectivity index (χ1n) is 9.01. The maximum Gasteiger partial charge on any atom is 0.343 e. The van der Waals surface area contributed by atoms with E-state index >= 15 is 0 Å². The van der Waals surface area contributed by atoms with Gasteiger partial charge >= 0.3 is 5.97 Å². The molecule has 3 aromatic rings. The highest BCUT2D eigenvalue weighted by atomic mass is 16.6. The van der Waals surface area contributed by atoms with Crippen LogP contribution in [0.4, 0.5) is 11.4 Å². The van der Waals surface area contributed by atoms with E-state index in [2.05, 4.69) is 5.32 Å². The molecule has 0 bridgehead atoms. The maximum absolute atomic E-state index is 12.3. The summed E-state index contributed by atoms with van der Waals surface area (Å²) in [6.07, 6.45) is 1.41. The van der Waals surface area contributed by atoms with Crippen molar-refractivity contribution in [1.82, 2.24) is 0 Å². The molecule has 31 heavy (non-hydrogen) atoms. The third-order valence-electron chi connectivity index (χ3n) is 4.09. The molecule has 0 aliphatic rings. The van der Waals surface area contributed by atoms with E-state index in [1.165, 1.54) is 36.4 Å². The van der Waals surface area contributed by atoms with Crippen molar-refractivity contribution in [3.63, 3.8) is 0 Å². The molecular weight excluding hydrogens is 398 g/mol. The third kappa shape index (κ3) is 5.62. The SMILES string of the molecule is N#C/C(=C\c1ccc(OC(=O)c2cccc([N+](=O)[O-])c2)cc1)C(=O)Nc1ccccc1. The highest BCUT2D eigenvalue weighted by molar-refractivity contribution is 6.09. The van der Waals surface area contributed by atoms with E-state index in [-0.39, 0.29) is 22.6 Å². The van der Waals surface area contributed by atoms with E-state index in [0.717, 1.165) is 6.07 Å². The second kappa shape index (κ2) is 9.62. The lowest BCUT2D eigenvalue weighted by molar-refractivity contribution is -0.384. The molecule has 0 aliphatic carbocycles. The summed E-state index contributed by atoms with van der Waals surface area (Å²) in [5.74, 6) is -1.08. The first kappa shape index (κ1) is 21.0. The normalized spacial score (nSPS) is 10.6. The minimum absolute atomic E-state index is 0.0440. The number of carbonyl (C=O) groups excluding carboxylic acids is 2. The number of rotatable bonds is 6. The summed E-state index contributed by atoms with van der Waals surface area (Å²) in [5.41, 5.74) is 0.854. The predicted molar refractivity (Wildman–Crippen MR) is 113 cm³/mol. The molecule has 0 saturated heterocycles. The molecule has 8 heteroatoms. The van der Waals surface area contributed by atoms with E-state index in [9.17, 15) is 25.0 Å². The van der Waals surface area contributed by atoms with Crippen LogP contribution in [0.2, 0.25) is 0 Å². The van der Waals surface area contributed by atoms with E-state index in [4.69, 9.17) is 4.74 Å². The van der Waals surface area contributed by atoms with Crippen molar-refractivity contribution in [3.05, 3.63) is 106 Å². The predicted octanol–water partition coefficient (Wildman–Crippen LogP) is 4.36. The zero-order valence-corrected chi connectivity index (χ0v) is 16.0. The number of hydrogen-bond acceptors (Lipinski definition) is 6. The highest BCUT2D eigenvalue weighted by Crippen LogP contribution is 2.19. The topological polar surface area (TPSA) is 122 Å². The average Bonchev–Trinajstić information content (AvgIpc) is 2.79. The van der Waals surface area contributed by atoms with Crippen LogP contribution in [-0.2, 0) is 4.79 Å². The molecule has 0 aliphatic heterocycles. The number of nitrogens with zero attached hydrogens (tertiary/aromatic N) is 2. The van der Waals surface area contributed by atoms with Gasteiger partial charge in [-0.25, -0.2) is 4.79 Å². The summed E-state index contributed by atoms with van der Waals surface area (Å²) in [5, 5.41) is 22.8. The van der Waals surface area contributed by atoms with Crippen molar-refractivity contribution in [1.29, 1.82) is 5.26 Å². The Hall–Kier alpha value is -4.77. The van der Waals surface area contributed by atoms with Gasteiger partial charge in [-0.3, -0.25) is 14.9 Å². The lowest BCUT2D eigenvalue weighted by Gasteiger charge is -2.06. The molecule has 1 amide bonds. The minimum atomic E-state index is -0.744. The fourth-order valence-corrected chi connectivity index (χ4v) is 2.58. The van der Waals surface area contributed by atoms with Gasteiger partial charge in [-0.05, 0) is 42.0 Å². The molecule has 0 fully saturated rings. The van der Waals surface area contributed by atoms with Gasteiger partial charge in [-0.2, -0.15) is 5.26 Å². The molecule has 0 heterocycles. The second-order valence-corrected chi connectivity index (χ2v) is 6.26. The van der Waals surface area contributed by atoms with Gasteiger partial charge in [0.1, 0.15) is 17.4 Å². The Morgan fingerprint density at radius 1 is 1.00 bits per heavy atom. The lowest BCUT2D eigenvalue weighted by Crippen LogP contribution is -2.13. The van der Waals surface area contributed by atoms with Gasteiger partial charge in [-0.1, -0.05) is 36.4 Å². The van der Waals surface area contributed by atoms with Crippen LogP contribution >= 0.6 is 0 Å². The van der Waals surface area contributed by atoms with Gasteiger partial charge in [-0.15, -0.1) is 0 Å². The average molecular weight is 413 g/mol. The molecule has 3 rings (SSSR count). The molecule has 0 unspecified atom stereocenters. The summed E-state index contributed by atoms with van der Waals surface area (Å²) in [4.78, 5) is 34.7. The van der Waals surface area contributed by atoms with Crippen molar-refractivity contribution >= 4 is 29.3 Å². The Morgan fingerprint density at radius 3 is 2.35 bits per heavy atom. The molecule has 3 aromatic carbocycles. The van der Waals surface area contributed by atoms with Crippen LogP contribution in [0.25, 0.3) is 6.08 Å². The lowest BCUT2D eigenvalue weighted by atomic mass is 10.1. The van der Waals surface area contributed by atoms with Gasteiger partial charge in [0.05, 0.1) is 10.5 Å². The summed E-state index contributed by atoms with van der Waals surface area (Å²) < 4.78 is 5.22. The molecule has 0 atom stereocenters. The van der Waals surface area contributed by atoms with Gasteiger partial charge in [0.2, 0.25) is 0 Å². The van der Waals surface area contributed by atoms with E-state index < -0.39 is 16.8 Å². The molecule has 0 radical (unpaired) electrons. The van der Waals surface area contributed by atoms with Gasteiger partial charge in [0.15, 0.2) is 0 Å². The second-order valence-electron chi connectivity index (χ2n) is 6.26. The van der Waals surface area contributed by atoms with Crippen molar-refractivity contribution < 1.29 is 19.2 Å². The number of ether oxygens (including phenoxy) is 1. The van der Waals surface area contributed by atoms with Crippen LogP contribution in [0.3, 0.4) is 0 Å². The maximum atomic E-state index is 12.3. The third-order valence-corrected chi connectivity index (χ3v) is 4.09. The summed E-state index contributed by atoms with van der Waals surface area (Å²) in [7, 11) is 0. The van der Waals surface area contributed by atoms with Crippen molar-refractivity contribution in [2.24, 2.45) is 0 Å². The Bertz CT molecular complexity index is 1200. The van der Waals surface area contributed by atoms with Gasteiger partial charge in [0.25, 0.3) is 11.6 Å². The number of amides is 1. The number of non-ortho nitro benzene ring substituents is 1. The Labute approximate surface area is 177 Å². The minimum Gasteiger partial charge on any atom is -0.423 e. The zero-order valence-electron chi connectivity index (χ0n) is 16.0. The number of nitrogens with one attached hydrogen (secondary N) is 1. The fraction of sp³-hybridized carbons (Fsp3) is 0. The van der Waals surface area contributed by atoms with Crippen molar-refractivity contribution in [2.45, 2.75) is 0 Å². The number of anilines is 1. The van der Waals surface area contributed by atoms with E-state index in [0.29, 0.717) is 11.3 Å². The Morgan fingerprint density at radius 2 is 1.71 bits per heavy atom. The number of nitriles is 1. The van der Waals surface area contributed by atoms with Crippen LogP contribution in [0.1, 0.15) is 15.9 Å². The molecule has 8 nitrogen and oxygen atoms in total. The molecule has 0 spiro atoms. The first-order valence-corrected chi connectivity index (χ1v) is 9.01. The van der Waals surface area contributed by atoms with E-state index in [1.807, 2.05) is 12.1 Å². The smallest absolute Gasteiger partial charge is 0.343 e.